The summed E-state index contributed by atoms with van der Waals surface area (Å²) in [5, 5.41) is 10.9. The molecule has 1 aliphatic heterocycles. The van der Waals surface area contributed by atoms with E-state index in [9.17, 15) is 13.9 Å². The third kappa shape index (κ3) is 4.63. The van der Waals surface area contributed by atoms with Gasteiger partial charge in [0.05, 0.1) is 12.6 Å². The highest BCUT2D eigenvalue weighted by Gasteiger charge is 2.24. The zero-order valence-corrected chi connectivity index (χ0v) is 20.2. The van der Waals surface area contributed by atoms with Crippen LogP contribution in [0.4, 0.5) is 8.78 Å². The molecule has 2 heterocycles. The molecule has 1 saturated heterocycles. The second-order valence-corrected chi connectivity index (χ2v) is 10.1. The number of fused-ring (bicyclic) bond motifs is 2. The maximum absolute atomic E-state index is 14.5. The first-order valence-corrected chi connectivity index (χ1v) is 12.7. The van der Waals surface area contributed by atoms with Crippen molar-refractivity contribution in [2.45, 2.75) is 51.0 Å². The summed E-state index contributed by atoms with van der Waals surface area (Å²) in [6, 6.07) is 18.5. The fraction of sp³-hybridized carbons (Fsp3) is 0.333. The summed E-state index contributed by atoms with van der Waals surface area (Å²) in [5.74, 6) is -0.265. The molecule has 1 aromatic heterocycles. The van der Waals surface area contributed by atoms with Gasteiger partial charge in [0.25, 0.3) is 0 Å². The van der Waals surface area contributed by atoms with Gasteiger partial charge in [-0.2, -0.15) is 0 Å². The highest BCUT2D eigenvalue weighted by molar-refractivity contribution is 5.85. The average Bonchev–Trinajstić information content (AvgIpc) is 3.43. The molecule has 0 amide bonds. The van der Waals surface area contributed by atoms with Crippen LogP contribution in [0.1, 0.15) is 35.1 Å². The van der Waals surface area contributed by atoms with Crippen LogP contribution in [0, 0.1) is 11.6 Å². The quantitative estimate of drug-likeness (QED) is 0.391. The fourth-order valence-electron chi connectivity index (χ4n) is 5.65. The van der Waals surface area contributed by atoms with Crippen LogP contribution in [0.25, 0.3) is 10.9 Å². The van der Waals surface area contributed by atoms with Crippen LogP contribution in [0.5, 0.6) is 5.75 Å². The Hall–Kier alpha value is -3.22. The van der Waals surface area contributed by atoms with E-state index in [0.29, 0.717) is 6.54 Å². The van der Waals surface area contributed by atoms with Gasteiger partial charge in [0.1, 0.15) is 23.5 Å². The highest BCUT2D eigenvalue weighted by Crippen LogP contribution is 2.32. The van der Waals surface area contributed by atoms with Gasteiger partial charge >= 0.3 is 0 Å². The summed E-state index contributed by atoms with van der Waals surface area (Å²) in [4.78, 5) is 2.33. The van der Waals surface area contributed by atoms with E-state index in [-0.39, 0.29) is 24.3 Å². The van der Waals surface area contributed by atoms with E-state index in [4.69, 9.17) is 4.74 Å². The van der Waals surface area contributed by atoms with E-state index in [1.165, 1.54) is 29.3 Å². The third-order valence-electron chi connectivity index (χ3n) is 7.59. The van der Waals surface area contributed by atoms with Crippen molar-refractivity contribution in [2.75, 3.05) is 13.1 Å². The molecule has 1 aliphatic carbocycles. The van der Waals surface area contributed by atoms with E-state index < -0.39 is 11.6 Å². The molecule has 36 heavy (non-hydrogen) atoms. The van der Waals surface area contributed by atoms with Crippen molar-refractivity contribution in [3.8, 4) is 5.75 Å². The van der Waals surface area contributed by atoms with E-state index in [2.05, 4.69) is 35.2 Å². The number of aliphatic hydroxyl groups is 1. The number of nitrogens with zero attached hydrogens (tertiary/aromatic N) is 2. The minimum absolute atomic E-state index is 0.0612. The number of aromatic nitrogens is 1. The Morgan fingerprint density at radius 3 is 2.25 bits per heavy atom. The van der Waals surface area contributed by atoms with Crippen molar-refractivity contribution >= 4 is 10.9 Å². The lowest BCUT2D eigenvalue weighted by Crippen LogP contribution is -2.35. The van der Waals surface area contributed by atoms with Crippen LogP contribution in [-0.4, -0.2) is 39.9 Å². The molecular formula is C30H30F2N2O2. The Morgan fingerprint density at radius 2 is 1.56 bits per heavy atom. The Morgan fingerprint density at radius 1 is 0.861 bits per heavy atom. The normalized spacial score (nSPS) is 17.1. The fourth-order valence-corrected chi connectivity index (χ4v) is 5.65. The topological polar surface area (TPSA) is 37.6 Å². The van der Waals surface area contributed by atoms with Crippen molar-refractivity contribution in [1.29, 1.82) is 0 Å². The molecule has 0 atom stereocenters. The molecule has 4 aromatic rings. The van der Waals surface area contributed by atoms with Gasteiger partial charge in [-0.15, -0.1) is 0 Å². The van der Waals surface area contributed by atoms with Gasteiger partial charge in [-0.25, -0.2) is 8.78 Å². The largest absolute Gasteiger partial charge is 0.490 e. The first kappa shape index (κ1) is 23.2. The molecule has 1 fully saturated rings. The Labute approximate surface area is 209 Å². The number of hydrogen-bond acceptors (Lipinski definition) is 3. The zero-order chi connectivity index (χ0) is 24.6. The first-order valence-electron chi connectivity index (χ1n) is 12.7. The van der Waals surface area contributed by atoms with Gasteiger partial charge in [0.2, 0.25) is 0 Å². The molecule has 0 radical (unpaired) electrons. The third-order valence-corrected chi connectivity index (χ3v) is 7.59. The van der Waals surface area contributed by atoms with Crippen LogP contribution in [0.2, 0.25) is 0 Å². The lowest BCUT2D eigenvalue weighted by molar-refractivity contribution is 0.0794. The second-order valence-electron chi connectivity index (χ2n) is 10.1. The van der Waals surface area contributed by atoms with Gasteiger partial charge in [-0.05, 0) is 59.9 Å². The Kier molecular flexibility index (Phi) is 6.23. The summed E-state index contributed by atoms with van der Waals surface area (Å²) in [5.41, 5.74) is 4.76. The van der Waals surface area contributed by atoms with E-state index in [1.54, 1.807) is 0 Å². The zero-order valence-electron chi connectivity index (χ0n) is 20.2. The number of hydrogen-bond donors (Lipinski definition) is 1. The van der Waals surface area contributed by atoms with Crippen molar-refractivity contribution in [1.82, 2.24) is 9.47 Å². The molecule has 1 N–H and O–H groups in total. The number of ether oxygens (including phenoxy) is 1. The number of halogens is 2. The maximum atomic E-state index is 14.5. The molecule has 0 spiro atoms. The minimum Gasteiger partial charge on any atom is -0.490 e. The van der Waals surface area contributed by atoms with Gasteiger partial charge in [-0.3, -0.25) is 4.90 Å². The molecule has 0 unspecified atom stereocenters. The Bertz CT molecular complexity index is 1350. The summed E-state index contributed by atoms with van der Waals surface area (Å²) in [7, 11) is 0. The van der Waals surface area contributed by atoms with E-state index in [1.807, 2.05) is 22.9 Å². The van der Waals surface area contributed by atoms with Crippen LogP contribution in [0.15, 0.2) is 66.9 Å². The smallest absolute Gasteiger partial charge is 0.131 e. The molecule has 6 heteroatoms. The van der Waals surface area contributed by atoms with Crippen molar-refractivity contribution < 1.29 is 18.6 Å². The summed E-state index contributed by atoms with van der Waals surface area (Å²) < 4.78 is 37.2. The van der Waals surface area contributed by atoms with Crippen LogP contribution in [0.3, 0.4) is 0 Å². The molecule has 3 aromatic carbocycles. The van der Waals surface area contributed by atoms with Crippen molar-refractivity contribution in [2.24, 2.45) is 0 Å². The number of aliphatic hydroxyl groups excluding tert-OH is 1. The van der Waals surface area contributed by atoms with Crippen LogP contribution >= 0.6 is 0 Å². The van der Waals surface area contributed by atoms with E-state index >= 15 is 0 Å². The summed E-state index contributed by atoms with van der Waals surface area (Å²) in [6.07, 6.45) is 5.18. The number of piperidine rings is 1. The van der Waals surface area contributed by atoms with Crippen molar-refractivity contribution in [3.05, 3.63) is 101 Å². The minimum atomic E-state index is -0.538. The molecule has 186 valence electrons. The molecule has 0 bridgehead atoms. The second kappa shape index (κ2) is 9.68. The van der Waals surface area contributed by atoms with Gasteiger partial charge in [0.15, 0.2) is 0 Å². The lowest BCUT2D eigenvalue weighted by Gasteiger charge is -2.29. The number of benzene rings is 3. The molecular weight excluding hydrogens is 458 g/mol. The molecule has 0 saturated carbocycles. The lowest BCUT2D eigenvalue weighted by atomic mass is 10.1. The number of rotatable bonds is 6. The Balaban J connectivity index is 1.31. The predicted molar refractivity (Wildman–Crippen MR) is 136 cm³/mol. The standard InChI is InChI=1S/C30H30F2N2O2/c31-28-6-3-7-29(32)27(28)19-34-18-22(17-33-12-10-23(35)11-13-33)26-16-24(8-9-30(26)34)36-25-14-20-4-1-2-5-21(20)15-25/h1-9,16,18,23,25,35H,10-15,17,19H2. The van der Waals surface area contributed by atoms with Gasteiger partial charge < -0.3 is 14.4 Å². The maximum Gasteiger partial charge on any atom is 0.131 e. The number of likely N-dealkylation sites (tertiary alicyclic amines) is 1. The summed E-state index contributed by atoms with van der Waals surface area (Å²) >= 11 is 0. The highest BCUT2D eigenvalue weighted by atomic mass is 19.1. The van der Waals surface area contributed by atoms with Gasteiger partial charge in [0, 0.05) is 55.1 Å². The molecule has 2 aliphatic rings. The van der Waals surface area contributed by atoms with Crippen molar-refractivity contribution in [3.63, 3.8) is 0 Å². The van der Waals surface area contributed by atoms with E-state index in [0.717, 1.165) is 61.0 Å². The predicted octanol–water partition coefficient (Wildman–Crippen LogP) is 5.47. The van der Waals surface area contributed by atoms with Gasteiger partial charge in [-0.1, -0.05) is 30.3 Å². The van der Waals surface area contributed by atoms with Crippen LogP contribution in [-0.2, 0) is 25.9 Å². The first-order chi connectivity index (χ1) is 17.5. The SMILES string of the molecule is OC1CCN(Cc2cn(Cc3c(F)cccc3F)c3ccc(OC4Cc5ccccc5C4)cc23)CC1. The summed E-state index contributed by atoms with van der Waals surface area (Å²) in [6.45, 7) is 2.48. The monoisotopic (exact) mass is 488 g/mol. The average molecular weight is 489 g/mol. The molecule has 4 nitrogen and oxygen atoms in total. The van der Waals surface area contributed by atoms with Crippen LogP contribution < -0.4 is 4.74 Å². The molecule has 6 rings (SSSR count).